The van der Waals surface area contributed by atoms with Crippen molar-refractivity contribution in [2.45, 2.75) is 12.3 Å². The molecule has 0 saturated carbocycles. The van der Waals surface area contributed by atoms with Crippen LogP contribution in [0, 0.1) is 0 Å². The van der Waals surface area contributed by atoms with Crippen LogP contribution in [0.1, 0.15) is 22.1 Å². The van der Waals surface area contributed by atoms with Crippen LogP contribution in [0.2, 0.25) is 5.02 Å². The molecule has 2 atom stereocenters. The zero-order chi connectivity index (χ0) is 15.1. The molecular formula is C17H14ClNO3. The van der Waals surface area contributed by atoms with Crippen LogP contribution >= 0.6 is 11.6 Å². The number of carbonyl (C=O) groups is 1. The van der Waals surface area contributed by atoms with Crippen molar-refractivity contribution < 1.29 is 14.3 Å². The molecule has 0 aliphatic carbocycles. The highest BCUT2D eigenvalue weighted by Gasteiger charge is 2.39. The van der Waals surface area contributed by atoms with Crippen molar-refractivity contribution in [3.05, 3.63) is 64.7 Å². The minimum atomic E-state index is -0.439. The first-order chi connectivity index (χ1) is 10.7. The van der Waals surface area contributed by atoms with Gasteiger partial charge in [0, 0.05) is 21.8 Å². The molecule has 2 unspecified atom stereocenters. The molecule has 4 nitrogen and oxygen atoms in total. The Hall–Kier alpha value is -1.88. The predicted octanol–water partition coefficient (Wildman–Crippen LogP) is 3.41. The molecule has 112 valence electrons. The van der Waals surface area contributed by atoms with Gasteiger partial charge in [0.2, 0.25) is 0 Å². The molecule has 1 amide bonds. The Morgan fingerprint density at radius 1 is 1.23 bits per heavy atom. The molecule has 2 aliphatic heterocycles. The molecule has 0 spiro atoms. The van der Waals surface area contributed by atoms with Gasteiger partial charge in [0.1, 0.15) is 6.10 Å². The number of hydrogen-bond donors (Lipinski definition) is 0. The van der Waals surface area contributed by atoms with Gasteiger partial charge in [-0.3, -0.25) is 9.69 Å². The van der Waals surface area contributed by atoms with Gasteiger partial charge in [0.25, 0.3) is 5.91 Å². The molecule has 0 radical (unpaired) electrons. The second-order valence-electron chi connectivity index (χ2n) is 5.38. The van der Waals surface area contributed by atoms with Gasteiger partial charge in [-0.15, -0.1) is 0 Å². The molecule has 2 heterocycles. The Balaban J connectivity index is 1.73. The third-order valence-corrected chi connectivity index (χ3v) is 4.07. The molecular weight excluding hydrogens is 302 g/mol. The van der Waals surface area contributed by atoms with E-state index in [-0.39, 0.29) is 12.0 Å². The number of amides is 1. The van der Waals surface area contributed by atoms with Crippen LogP contribution in [0.3, 0.4) is 0 Å². The lowest BCUT2D eigenvalue weighted by atomic mass is 10.1. The van der Waals surface area contributed by atoms with Gasteiger partial charge >= 0.3 is 0 Å². The monoisotopic (exact) mass is 315 g/mol. The van der Waals surface area contributed by atoms with E-state index in [0.29, 0.717) is 17.2 Å². The molecule has 22 heavy (non-hydrogen) atoms. The number of hydrogen-bond acceptors (Lipinski definition) is 3. The lowest BCUT2D eigenvalue weighted by Crippen LogP contribution is -2.30. The Bertz CT molecular complexity index is 729. The first-order valence-electron chi connectivity index (χ1n) is 7.15. The van der Waals surface area contributed by atoms with E-state index in [2.05, 4.69) is 0 Å². The van der Waals surface area contributed by atoms with E-state index in [1.807, 2.05) is 36.4 Å². The normalized spacial score (nSPS) is 22.8. The summed E-state index contributed by atoms with van der Waals surface area (Å²) in [6, 6.07) is 14.8. The minimum absolute atomic E-state index is 0.0698. The maximum absolute atomic E-state index is 12.8. The standard InChI is InChI=1S/C17H14ClNO3/c18-11-4-3-5-12(8-11)19-16(20)14-6-1-2-7-15(14)17(19)22-10-13-9-21-13/h1-8,13,17H,9-10H2. The van der Waals surface area contributed by atoms with Gasteiger partial charge in [0.15, 0.2) is 6.23 Å². The second kappa shape index (κ2) is 5.39. The number of halogens is 1. The first kappa shape index (κ1) is 13.8. The fraction of sp³-hybridized carbons (Fsp3) is 0.235. The molecule has 0 N–H and O–H groups in total. The number of anilines is 1. The third-order valence-electron chi connectivity index (χ3n) is 3.84. The van der Waals surface area contributed by atoms with E-state index < -0.39 is 6.23 Å². The summed E-state index contributed by atoms with van der Waals surface area (Å²) in [4.78, 5) is 14.4. The summed E-state index contributed by atoms with van der Waals surface area (Å²) in [7, 11) is 0. The zero-order valence-corrected chi connectivity index (χ0v) is 12.5. The van der Waals surface area contributed by atoms with Gasteiger partial charge in [-0.1, -0.05) is 35.9 Å². The van der Waals surface area contributed by atoms with Gasteiger partial charge in [-0.05, 0) is 24.3 Å². The highest BCUT2D eigenvalue weighted by atomic mass is 35.5. The fourth-order valence-corrected chi connectivity index (χ4v) is 2.87. The van der Waals surface area contributed by atoms with Crippen molar-refractivity contribution in [3.63, 3.8) is 0 Å². The molecule has 5 heteroatoms. The van der Waals surface area contributed by atoms with Crippen LogP contribution in [0.15, 0.2) is 48.5 Å². The van der Waals surface area contributed by atoms with Crippen LogP contribution in [0.4, 0.5) is 5.69 Å². The van der Waals surface area contributed by atoms with Crippen molar-refractivity contribution in [2.24, 2.45) is 0 Å². The summed E-state index contributed by atoms with van der Waals surface area (Å²) in [6.07, 6.45) is -0.296. The summed E-state index contributed by atoms with van der Waals surface area (Å²) in [6.45, 7) is 1.20. The van der Waals surface area contributed by atoms with Crippen molar-refractivity contribution in [1.29, 1.82) is 0 Å². The Morgan fingerprint density at radius 3 is 2.82 bits per heavy atom. The second-order valence-corrected chi connectivity index (χ2v) is 5.82. The molecule has 4 rings (SSSR count). The maximum atomic E-state index is 12.8. The molecule has 1 fully saturated rings. The van der Waals surface area contributed by atoms with Gasteiger partial charge in [-0.25, -0.2) is 0 Å². The largest absolute Gasteiger partial charge is 0.371 e. The smallest absolute Gasteiger partial charge is 0.261 e. The fourth-order valence-electron chi connectivity index (χ4n) is 2.69. The van der Waals surface area contributed by atoms with Crippen LogP contribution < -0.4 is 4.90 Å². The SMILES string of the molecule is O=C1c2ccccc2C(OCC2CO2)N1c1cccc(Cl)c1. The average Bonchev–Trinajstić information content (AvgIpc) is 3.31. The van der Waals surface area contributed by atoms with Gasteiger partial charge < -0.3 is 9.47 Å². The number of epoxide rings is 1. The van der Waals surface area contributed by atoms with Gasteiger partial charge in [0.05, 0.1) is 13.2 Å². The third kappa shape index (κ3) is 2.39. The van der Waals surface area contributed by atoms with Crippen molar-refractivity contribution in [2.75, 3.05) is 18.1 Å². The van der Waals surface area contributed by atoms with Crippen molar-refractivity contribution >= 4 is 23.2 Å². The Kier molecular flexibility index (Phi) is 3.37. The summed E-state index contributed by atoms with van der Waals surface area (Å²) in [5, 5.41) is 0.588. The molecule has 0 bridgehead atoms. The number of nitrogens with zero attached hydrogens (tertiary/aromatic N) is 1. The first-order valence-corrected chi connectivity index (χ1v) is 7.53. The molecule has 1 saturated heterocycles. The topological polar surface area (TPSA) is 42.1 Å². The molecule has 2 aliphatic rings. The Morgan fingerprint density at radius 2 is 2.05 bits per heavy atom. The van der Waals surface area contributed by atoms with Gasteiger partial charge in [-0.2, -0.15) is 0 Å². The van der Waals surface area contributed by atoms with Crippen LogP contribution in [-0.4, -0.2) is 25.2 Å². The number of fused-ring (bicyclic) bond motifs is 1. The highest BCUT2D eigenvalue weighted by Crippen LogP contribution is 2.39. The van der Waals surface area contributed by atoms with E-state index in [0.717, 1.165) is 17.9 Å². The van der Waals surface area contributed by atoms with Crippen molar-refractivity contribution in [1.82, 2.24) is 0 Å². The Labute approximate surface area is 133 Å². The number of rotatable bonds is 4. The summed E-state index contributed by atoms with van der Waals surface area (Å²) >= 11 is 6.07. The number of ether oxygens (including phenoxy) is 2. The van der Waals surface area contributed by atoms with Crippen LogP contribution in [-0.2, 0) is 9.47 Å². The number of carbonyl (C=O) groups excluding carboxylic acids is 1. The lowest BCUT2D eigenvalue weighted by molar-refractivity contribution is 0.0428. The minimum Gasteiger partial charge on any atom is -0.371 e. The van der Waals surface area contributed by atoms with E-state index in [9.17, 15) is 4.79 Å². The molecule has 2 aromatic carbocycles. The summed E-state index contributed by atoms with van der Waals surface area (Å²) in [5.41, 5.74) is 2.28. The van der Waals surface area contributed by atoms with Crippen LogP contribution in [0.25, 0.3) is 0 Å². The molecule has 2 aromatic rings. The lowest BCUT2D eigenvalue weighted by Gasteiger charge is -2.25. The maximum Gasteiger partial charge on any atom is 0.261 e. The summed E-state index contributed by atoms with van der Waals surface area (Å²) < 4.78 is 11.2. The van der Waals surface area contributed by atoms with Crippen molar-refractivity contribution in [3.8, 4) is 0 Å². The highest BCUT2D eigenvalue weighted by molar-refractivity contribution is 6.31. The van der Waals surface area contributed by atoms with E-state index in [1.165, 1.54) is 0 Å². The predicted molar refractivity (Wildman–Crippen MR) is 83.1 cm³/mol. The van der Waals surface area contributed by atoms with E-state index in [4.69, 9.17) is 21.1 Å². The van der Waals surface area contributed by atoms with E-state index >= 15 is 0 Å². The van der Waals surface area contributed by atoms with E-state index in [1.54, 1.807) is 17.0 Å². The molecule has 0 aromatic heterocycles. The summed E-state index contributed by atoms with van der Waals surface area (Å²) in [5.74, 6) is -0.0698. The zero-order valence-electron chi connectivity index (χ0n) is 11.7. The average molecular weight is 316 g/mol. The quantitative estimate of drug-likeness (QED) is 0.812. The number of benzene rings is 2. The van der Waals surface area contributed by atoms with Crippen LogP contribution in [0.5, 0.6) is 0 Å².